The lowest BCUT2D eigenvalue weighted by Crippen LogP contribution is -2.30. The van der Waals surface area contributed by atoms with Crippen molar-refractivity contribution in [3.63, 3.8) is 0 Å². The first-order valence-corrected chi connectivity index (χ1v) is 7.90. The van der Waals surface area contributed by atoms with Gasteiger partial charge in [-0.3, -0.25) is 0 Å². The van der Waals surface area contributed by atoms with E-state index in [9.17, 15) is 5.11 Å². The van der Waals surface area contributed by atoms with Crippen molar-refractivity contribution < 1.29 is 5.11 Å². The van der Waals surface area contributed by atoms with Crippen molar-refractivity contribution in [2.45, 2.75) is 58.0 Å². The van der Waals surface area contributed by atoms with Gasteiger partial charge in [0.25, 0.3) is 0 Å². The maximum absolute atomic E-state index is 10.3. The van der Waals surface area contributed by atoms with Gasteiger partial charge in [-0.1, -0.05) is 50.3 Å². The van der Waals surface area contributed by atoms with Crippen molar-refractivity contribution in [3.05, 3.63) is 36.5 Å². The van der Waals surface area contributed by atoms with Crippen LogP contribution >= 0.6 is 0 Å². The second-order valence-electron chi connectivity index (χ2n) is 6.27. The molecule has 0 aromatic rings. The number of rotatable bonds is 4. The molecule has 19 heavy (non-hydrogen) atoms. The minimum Gasteiger partial charge on any atom is -0.386 e. The first kappa shape index (κ1) is 14.6. The molecule has 0 spiro atoms. The van der Waals surface area contributed by atoms with Crippen LogP contribution in [0.25, 0.3) is 0 Å². The van der Waals surface area contributed by atoms with Gasteiger partial charge in [-0.05, 0) is 56.3 Å². The Kier molecular flexibility index (Phi) is 5.04. The summed E-state index contributed by atoms with van der Waals surface area (Å²) in [7, 11) is 0. The highest BCUT2D eigenvalue weighted by Crippen LogP contribution is 2.32. The minimum atomic E-state index is -0.564. The van der Waals surface area contributed by atoms with Gasteiger partial charge in [0.15, 0.2) is 0 Å². The van der Waals surface area contributed by atoms with E-state index in [-0.39, 0.29) is 0 Å². The summed E-state index contributed by atoms with van der Waals surface area (Å²) in [6.07, 6.45) is 20.2. The SMILES string of the molecule is CCC1C=CCC(C=CC2CC=CC(O)(CC)C2)C1. The van der Waals surface area contributed by atoms with Gasteiger partial charge in [0.1, 0.15) is 0 Å². The number of allylic oxidation sites excluding steroid dienone is 5. The summed E-state index contributed by atoms with van der Waals surface area (Å²) in [6, 6.07) is 0. The molecular formula is C18H28O. The molecule has 0 saturated heterocycles. The van der Waals surface area contributed by atoms with Crippen LogP contribution in [0, 0.1) is 17.8 Å². The molecule has 0 bridgehead atoms. The van der Waals surface area contributed by atoms with Gasteiger partial charge >= 0.3 is 0 Å². The quantitative estimate of drug-likeness (QED) is 0.730. The van der Waals surface area contributed by atoms with E-state index in [2.05, 4.69) is 44.2 Å². The molecule has 4 unspecified atom stereocenters. The summed E-state index contributed by atoms with van der Waals surface area (Å²) >= 11 is 0. The van der Waals surface area contributed by atoms with Crippen molar-refractivity contribution >= 4 is 0 Å². The standard InChI is InChI=1S/C18H28O/c1-3-15-7-5-8-16(13-15)10-11-17-9-6-12-18(19,4-2)14-17/h5-7,10-12,15-17,19H,3-4,8-9,13-14H2,1-2H3. The monoisotopic (exact) mass is 260 g/mol. The molecule has 1 nitrogen and oxygen atoms in total. The molecule has 0 heterocycles. The predicted molar refractivity (Wildman–Crippen MR) is 81.9 cm³/mol. The topological polar surface area (TPSA) is 20.2 Å². The summed E-state index contributed by atoms with van der Waals surface area (Å²) in [5.41, 5.74) is -0.564. The maximum atomic E-state index is 10.3. The third-order valence-electron chi connectivity index (χ3n) is 4.73. The second kappa shape index (κ2) is 6.56. The van der Waals surface area contributed by atoms with Crippen LogP contribution in [0.2, 0.25) is 0 Å². The Morgan fingerprint density at radius 3 is 2.63 bits per heavy atom. The Labute approximate surface area is 118 Å². The molecule has 0 aromatic carbocycles. The van der Waals surface area contributed by atoms with Crippen molar-refractivity contribution in [3.8, 4) is 0 Å². The number of hydrogen-bond acceptors (Lipinski definition) is 1. The number of hydrogen-bond donors (Lipinski definition) is 1. The van der Waals surface area contributed by atoms with Crippen LogP contribution in [0.3, 0.4) is 0 Å². The summed E-state index contributed by atoms with van der Waals surface area (Å²) in [4.78, 5) is 0. The van der Waals surface area contributed by atoms with E-state index < -0.39 is 5.60 Å². The number of aliphatic hydroxyl groups is 1. The normalized spacial score (nSPS) is 39.0. The van der Waals surface area contributed by atoms with Crippen molar-refractivity contribution in [2.75, 3.05) is 0 Å². The molecule has 106 valence electrons. The fraction of sp³-hybridized carbons (Fsp3) is 0.667. The van der Waals surface area contributed by atoms with Gasteiger partial charge in [-0.2, -0.15) is 0 Å². The zero-order valence-electron chi connectivity index (χ0n) is 12.4. The van der Waals surface area contributed by atoms with Gasteiger partial charge in [0.2, 0.25) is 0 Å². The Hall–Kier alpha value is -0.820. The Bertz CT molecular complexity index is 366. The third kappa shape index (κ3) is 4.07. The van der Waals surface area contributed by atoms with Gasteiger partial charge in [0.05, 0.1) is 5.60 Å². The van der Waals surface area contributed by atoms with E-state index in [0.29, 0.717) is 11.8 Å². The minimum absolute atomic E-state index is 0.515. The van der Waals surface area contributed by atoms with Crippen LogP contribution in [0.4, 0.5) is 0 Å². The Morgan fingerprint density at radius 1 is 1.16 bits per heavy atom. The zero-order valence-corrected chi connectivity index (χ0v) is 12.4. The smallest absolute Gasteiger partial charge is 0.0830 e. The summed E-state index contributed by atoms with van der Waals surface area (Å²) in [6.45, 7) is 4.34. The van der Waals surface area contributed by atoms with E-state index in [0.717, 1.165) is 25.2 Å². The molecule has 2 aliphatic rings. The average Bonchev–Trinajstić information content (AvgIpc) is 2.45. The van der Waals surface area contributed by atoms with Gasteiger partial charge in [-0.15, -0.1) is 0 Å². The molecule has 0 fully saturated rings. The van der Waals surface area contributed by atoms with Crippen LogP contribution < -0.4 is 0 Å². The fourth-order valence-corrected chi connectivity index (χ4v) is 3.26. The molecule has 0 saturated carbocycles. The molecule has 1 heteroatoms. The van der Waals surface area contributed by atoms with Crippen LogP contribution in [-0.4, -0.2) is 10.7 Å². The van der Waals surface area contributed by atoms with Crippen LogP contribution in [-0.2, 0) is 0 Å². The predicted octanol–water partition coefficient (Wildman–Crippen LogP) is 4.64. The van der Waals surface area contributed by atoms with E-state index in [1.807, 2.05) is 6.08 Å². The molecule has 0 aliphatic heterocycles. The van der Waals surface area contributed by atoms with E-state index in [1.54, 1.807) is 0 Å². The first-order valence-electron chi connectivity index (χ1n) is 7.90. The Morgan fingerprint density at radius 2 is 1.89 bits per heavy atom. The molecule has 2 aliphatic carbocycles. The molecule has 4 atom stereocenters. The molecule has 1 N–H and O–H groups in total. The molecule has 2 rings (SSSR count). The summed E-state index contributed by atoms with van der Waals surface area (Å²) in [5, 5.41) is 10.3. The average molecular weight is 260 g/mol. The first-order chi connectivity index (χ1) is 9.15. The summed E-state index contributed by atoms with van der Waals surface area (Å²) < 4.78 is 0. The molecule has 0 aromatic heterocycles. The van der Waals surface area contributed by atoms with Crippen molar-refractivity contribution in [1.82, 2.24) is 0 Å². The van der Waals surface area contributed by atoms with Gasteiger partial charge in [-0.25, -0.2) is 0 Å². The van der Waals surface area contributed by atoms with Crippen LogP contribution in [0.15, 0.2) is 36.5 Å². The highest BCUT2D eigenvalue weighted by molar-refractivity contribution is 5.11. The summed E-state index contributed by atoms with van der Waals surface area (Å²) in [5.74, 6) is 1.98. The molecule has 0 radical (unpaired) electrons. The van der Waals surface area contributed by atoms with Crippen molar-refractivity contribution in [1.29, 1.82) is 0 Å². The highest BCUT2D eigenvalue weighted by Gasteiger charge is 2.27. The van der Waals surface area contributed by atoms with Gasteiger partial charge in [0, 0.05) is 0 Å². The van der Waals surface area contributed by atoms with E-state index in [1.165, 1.54) is 19.3 Å². The highest BCUT2D eigenvalue weighted by atomic mass is 16.3. The lowest BCUT2D eigenvalue weighted by atomic mass is 9.80. The zero-order chi connectivity index (χ0) is 13.7. The van der Waals surface area contributed by atoms with Gasteiger partial charge < -0.3 is 5.11 Å². The molecule has 0 amide bonds. The Balaban J connectivity index is 1.89. The van der Waals surface area contributed by atoms with E-state index >= 15 is 0 Å². The fourth-order valence-electron chi connectivity index (χ4n) is 3.26. The maximum Gasteiger partial charge on any atom is 0.0830 e. The van der Waals surface area contributed by atoms with Crippen LogP contribution in [0.5, 0.6) is 0 Å². The molecular weight excluding hydrogens is 232 g/mol. The van der Waals surface area contributed by atoms with Crippen molar-refractivity contribution in [2.24, 2.45) is 17.8 Å². The van der Waals surface area contributed by atoms with Crippen LogP contribution in [0.1, 0.15) is 52.4 Å². The third-order valence-corrected chi connectivity index (χ3v) is 4.73. The van der Waals surface area contributed by atoms with E-state index in [4.69, 9.17) is 0 Å². The second-order valence-corrected chi connectivity index (χ2v) is 6.27. The lowest BCUT2D eigenvalue weighted by molar-refractivity contribution is 0.0599. The largest absolute Gasteiger partial charge is 0.386 e. The lowest BCUT2D eigenvalue weighted by Gasteiger charge is -2.30.